The van der Waals surface area contributed by atoms with Crippen LogP contribution in [-0.4, -0.2) is 24.8 Å². The van der Waals surface area contributed by atoms with E-state index in [0.29, 0.717) is 6.61 Å². The van der Waals surface area contributed by atoms with Gasteiger partial charge in [0.05, 0.1) is 6.61 Å². The molecule has 0 saturated heterocycles. The maximum atomic E-state index is 10.7. The van der Waals surface area contributed by atoms with E-state index in [4.69, 9.17) is 0 Å². The van der Waals surface area contributed by atoms with Gasteiger partial charge in [0.2, 0.25) is 0 Å². The summed E-state index contributed by atoms with van der Waals surface area (Å²) >= 11 is 0. The summed E-state index contributed by atoms with van der Waals surface area (Å²) in [7, 11) is 0. The molecule has 0 fully saturated rings. The van der Waals surface area contributed by atoms with Crippen molar-refractivity contribution in [2.24, 2.45) is 10.1 Å². The largest absolute Gasteiger partial charge is 0.460 e. The van der Waals surface area contributed by atoms with Gasteiger partial charge in [-0.1, -0.05) is 0 Å². The minimum atomic E-state index is -0.528. The number of esters is 1. The molecule has 1 aliphatic rings. The molecule has 0 aliphatic carbocycles. The summed E-state index contributed by atoms with van der Waals surface area (Å²) in [5, 5.41) is 3.40. The van der Waals surface area contributed by atoms with E-state index in [1.165, 1.54) is 6.34 Å². The third-order valence-corrected chi connectivity index (χ3v) is 0.842. The Morgan fingerprint density at radius 1 is 1.80 bits per heavy atom. The smallest absolute Gasteiger partial charge is 0.378 e. The highest BCUT2D eigenvalue weighted by Gasteiger charge is 2.13. The summed E-state index contributed by atoms with van der Waals surface area (Å²) in [6, 6.07) is 0. The first kappa shape index (κ1) is 6.73. The van der Waals surface area contributed by atoms with Crippen LogP contribution in [0, 0.1) is 0 Å². The monoisotopic (exact) mass is 140 g/mol. The van der Waals surface area contributed by atoms with Gasteiger partial charge >= 0.3 is 5.97 Å². The Morgan fingerprint density at radius 3 is 3.10 bits per heavy atom. The van der Waals surface area contributed by atoms with Crippen molar-refractivity contribution >= 4 is 18.1 Å². The lowest BCUT2D eigenvalue weighted by Gasteiger charge is -1.94. The van der Waals surface area contributed by atoms with Gasteiger partial charge in [0.25, 0.3) is 5.84 Å². The van der Waals surface area contributed by atoms with Crippen LogP contribution in [0.4, 0.5) is 0 Å². The van der Waals surface area contributed by atoms with Crippen molar-refractivity contribution in [2.45, 2.75) is 6.92 Å². The van der Waals surface area contributed by atoms with Crippen LogP contribution in [0.1, 0.15) is 6.92 Å². The van der Waals surface area contributed by atoms with Crippen LogP contribution in [0.3, 0.4) is 0 Å². The normalized spacial score (nSPS) is 14.3. The average molecular weight is 140 g/mol. The van der Waals surface area contributed by atoms with E-state index in [9.17, 15) is 4.79 Å². The molecule has 1 aliphatic heterocycles. The molecule has 0 aromatic heterocycles. The molecule has 0 atom stereocenters. The third kappa shape index (κ3) is 1.31. The van der Waals surface area contributed by atoms with Gasteiger partial charge in [-0.15, -0.1) is 10.5 Å². The van der Waals surface area contributed by atoms with Gasteiger partial charge in [-0.2, -0.15) is 0 Å². The van der Waals surface area contributed by atoms with Crippen LogP contribution in [0.25, 0.3) is 0 Å². The Hall–Kier alpha value is -1.39. The van der Waals surface area contributed by atoms with Crippen molar-refractivity contribution in [2.75, 3.05) is 6.61 Å². The maximum Gasteiger partial charge on any atom is 0.378 e. The lowest BCUT2D eigenvalue weighted by atomic mass is 10.6. The predicted octanol–water partition coefficient (Wildman–Crippen LogP) is -0.491. The molecule has 1 radical (unpaired) electrons. The first-order chi connectivity index (χ1) is 4.84. The second kappa shape index (κ2) is 2.95. The molecule has 5 nitrogen and oxygen atoms in total. The van der Waals surface area contributed by atoms with Crippen LogP contribution in [0.2, 0.25) is 0 Å². The third-order valence-electron chi connectivity index (χ3n) is 0.842. The molecular weight excluding hydrogens is 134 g/mol. The zero-order valence-corrected chi connectivity index (χ0v) is 5.44. The van der Waals surface area contributed by atoms with Crippen molar-refractivity contribution in [1.29, 1.82) is 0 Å². The van der Waals surface area contributed by atoms with E-state index >= 15 is 0 Å². The molecule has 10 heavy (non-hydrogen) atoms. The number of carbonyl (C=O) groups excluding carboxylic acids is 1. The molecule has 1 rings (SSSR count). The fourth-order valence-corrected chi connectivity index (χ4v) is 0.476. The van der Waals surface area contributed by atoms with E-state index in [0.717, 1.165) is 0 Å². The summed E-state index contributed by atoms with van der Waals surface area (Å²) < 4.78 is 4.58. The Bertz CT molecular complexity index is 197. The first-order valence-corrected chi connectivity index (χ1v) is 2.82. The average Bonchev–Trinajstić information content (AvgIpc) is 2.38. The second-order valence-corrected chi connectivity index (χ2v) is 1.50. The Kier molecular flexibility index (Phi) is 1.99. The van der Waals surface area contributed by atoms with Crippen LogP contribution in [-0.2, 0) is 9.53 Å². The molecule has 0 aromatic carbocycles. The Morgan fingerprint density at radius 2 is 2.60 bits per heavy atom. The molecule has 1 heterocycles. The van der Waals surface area contributed by atoms with E-state index in [2.05, 4.69) is 20.3 Å². The summed E-state index contributed by atoms with van der Waals surface area (Å²) in [4.78, 5) is 14.3. The fraction of sp³-hybridized carbons (Fsp3) is 0.400. The van der Waals surface area contributed by atoms with Gasteiger partial charge in [0, 0.05) is 0 Å². The minimum absolute atomic E-state index is 0.0156. The van der Waals surface area contributed by atoms with E-state index in [1.54, 1.807) is 6.92 Å². The number of rotatable bonds is 2. The second-order valence-electron chi connectivity index (χ2n) is 1.50. The Balaban J connectivity index is 2.48. The molecule has 0 bridgehead atoms. The summed E-state index contributed by atoms with van der Waals surface area (Å²) in [6.07, 6.45) is 1.20. The number of hydrogen-bond donors (Lipinski definition) is 0. The molecule has 5 heteroatoms. The van der Waals surface area contributed by atoms with Crippen molar-refractivity contribution in [3.63, 3.8) is 0 Å². The van der Waals surface area contributed by atoms with Crippen LogP contribution < -0.4 is 5.43 Å². The van der Waals surface area contributed by atoms with Crippen molar-refractivity contribution in [1.82, 2.24) is 5.43 Å². The molecule has 0 amide bonds. The molecule has 0 saturated carbocycles. The number of nitrogens with zero attached hydrogens (tertiary/aromatic N) is 3. The quantitative estimate of drug-likeness (QED) is 0.486. The molecule has 0 spiro atoms. The molecule has 0 unspecified atom stereocenters. The highest BCUT2D eigenvalue weighted by Crippen LogP contribution is 1.89. The minimum Gasteiger partial charge on any atom is -0.460 e. The van der Waals surface area contributed by atoms with E-state index in [1.807, 2.05) is 0 Å². The van der Waals surface area contributed by atoms with Crippen molar-refractivity contribution in [3.8, 4) is 0 Å². The fourth-order valence-electron chi connectivity index (χ4n) is 0.476. The van der Waals surface area contributed by atoms with Gasteiger partial charge in [-0.05, 0) is 6.92 Å². The van der Waals surface area contributed by atoms with E-state index < -0.39 is 5.97 Å². The van der Waals surface area contributed by atoms with E-state index in [-0.39, 0.29) is 5.84 Å². The van der Waals surface area contributed by atoms with Crippen LogP contribution in [0.5, 0.6) is 0 Å². The molecular formula is C5H6N3O2. The summed E-state index contributed by atoms with van der Waals surface area (Å²) in [5.41, 5.74) is 3.36. The first-order valence-electron chi connectivity index (χ1n) is 2.82. The van der Waals surface area contributed by atoms with Crippen LogP contribution in [0.15, 0.2) is 10.1 Å². The number of carbonyl (C=O) groups is 1. The highest BCUT2D eigenvalue weighted by molar-refractivity contribution is 6.37. The maximum absolute atomic E-state index is 10.7. The van der Waals surface area contributed by atoms with Gasteiger partial charge in [0.15, 0.2) is 0 Å². The predicted molar refractivity (Wildman–Crippen MR) is 34.7 cm³/mol. The molecule has 0 aromatic rings. The number of ether oxygens (including phenoxy) is 1. The molecule has 53 valence electrons. The highest BCUT2D eigenvalue weighted by atomic mass is 16.5. The number of amidine groups is 1. The number of hydrogen-bond acceptors (Lipinski definition) is 4. The standard InChI is InChI=1S/C5H6N3O2/c1-2-10-5(9)4-6-3-7-8-4/h3H,2H2,1H3. The summed E-state index contributed by atoms with van der Waals surface area (Å²) in [6.45, 7) is 2.04. The van der Waals surface area contributed by atoms with Gasteiger partial charge in [-0.3, -0.25) is 0 Å². The zero-order chi connectivity index (χ0) is 7.40. The van der Waals surface area contributed by atoms with Crippen molar-refractivity contribution in [3.05, 3.63) is 0 Å². The summed E-state index contributed by atoms with van der Waals surface area (Å²) in [5.74, 6) is -0.512. The van der Waals surface area contributed by atoms with Gasteiger partial charge in [-0.25, -0.2) is 9.79 Å². The van der Waals surface area contributed by atoms with Crippen molar-refractivity contribution < 1.29 is 9.53 Å². The molecule has 0 N–H and O–H groups in total. The Labute approximate surface area is 57.8 Å². The van der Waals surface area contributed by atoms with Crippen LogP contribution >= 0.6 is 0 Å². The van der Waals surface area contributed by atoms with Gasteiger partial charge < -0.3 is 4.74 Å². The number of aliphatic imine (C=N–C) groups is 1. The van der Waals surface area contributed by atoms with Gasteiger partial charge in [0.1, 0.15) is 6.34 Å². The SMILES string of the molecule is CCOC(=O)C1=N[N]C=N1. The zero-order valence-electron chi connectivity index (χ0n) is 5.44. The topological polar surface area (TPSA) is 65.1 Å². The lowest BCUT2D eigenvalue weighted by molar-refractivity contribution is -0.135. The lowest BCUT2D eigenvalue weighted by Crippen LogP contribution is -2.13.